The molecule has 0 saturated carbocycles. The van der Waals surface area contributed by atoms with Gasteiger partial charge in [0.15, 0.2) is 11.5 Å². The van der Waals surface area contributed by atoms with Gasteiger partial charge in [0.25, 0.3) is 0 Å². The second-order valence-corrected chi connectivity index (χ2v) is 6.98. The fourth-order valence-electron chi connectivity index (χ4n) is 3.88. The second kappa shape index (κ2) is 7.54. The van der Waals surface area contributed by atoms with Crippen molar-refractivity contribution >= 4 is 11.6 Å². The van der Waals surface area contributed by atoms with Gasteiger partial charge in [-0.05, 0) is 50.6 Å². The molecule has 28 heavy (non-hydrogen) atoms. The number of aryl methyl sites for hydroxylation is 1. The first-order chi connectivity index (χ1) is 13.6. The molecule has 1 aliphatic heterocycles. The molecule has 1 atom stereocenters. The molecule has 2 aromatic heterocycles. The Morgan fingerprint density at radius 2 is 1.96 bits per heavy atom. The van der Waals surface area contributed by atoms with Crippen LogP contribution >= 0.6 is 0 Å². The van der Waals surface area contributed by atoms with Crippen molar-refractivity contribution in [3.05, 3.63) is 59.5 Å². The van der Waals surface area contributed by atoms with Crippen molar-refractivity contribution in [2.45, 2.75) is 33.1 Å². The van der Waals surface area contributed by atoms with Crippen LogP contribution in [0.15, 0.2) is 42.6 Å². The van der Waals surface area contributed by atoms with E-state index in [-0.39, 0.29) is 18.6 Å². The summed E-state index contributed by atoms with van der Waals surface area (Å²) < 4.78 is 13.2. The van der Waals surface area contributed by atoms with Gasteiger partial charge in [-0.3, -0.25) is 4.79 Å². The third-order valence-corrected chi connectivity index (χ3v) is 5.40. The van der Waals surface area contributed by atoms with Gasteiger partial charge in [0.2, 0.25) is 12.7 Å². The first-order valence-corrected chi connectivity index (χ1v) is 9.72. The fourth-order valence-corrected chi connectivity index (χ4v) is 3.88. The predicted molar refractivity (Wildman–Crippen MR) is 107 cm³/mol. The lowest BCUT2D eigenvalue weighted by Crippen LogP contribution is -2.31. The Morgan fingerprint density at radius 3 is 2.75 bits per heavy atom. The number of aromatic nitrogens is 2. The number of rotatable bonds is 6. The van der Waals surface area contributed by atoms with Crippen LogP contribution in [-0.2, 0) is 4.79 Å². The van der Waals surface area contributed by atoms with Crippen molar-refractivity contribution < 1.29 is 14.3 Å². The highest BCUT2D eigenvalue weighted by molar-refractivity contribution is 5.77. The monoisotopic (exact) mass is 379 g/mol. The van der Waals surface area contributed by atoms with Gasteiger partial charge in [0.05, 0.1) is 5.69 Å². The summed E-state index contributed by atoms with van der Waals surface area (Å²) in [5.41, 5.74) is 4.00. The van der Waals surface area contributed by atoms with Gasteiger partial charge < -0.3 is 18.8 Å². The summed E-state index contributed by atoms with van der Waals surface area (Å²) in [5.74, 6) is 1.48. The first kappa shape index (κ1) is 18.3. The van der Waals surface area contributed by atoms with Crippen LogP contribution < -0.4 is 9.47 Å². The summed E-state index contributed by atoms with van der Waals surface area (Å²) >= 11 is 0. The van der Waals surface area contributed by atoms with Crippen molar-refractivity contribution in [2.75, 3.05) is 19.9 Å². The van der Waals surface area contributed by atoms with Crippen LogP contribution in [0, 0.1) is 6.92 Å². The Morgan fingerprint density at radius 1 is 1.18 bits per heavy atom. The van der Waals surface area contributed by atoms with E-state index in [9.17, 15) is 4.79 Å². The smallest absolute Gasteiger partial charge is 0.231 e. The Balaban J connectivity index is 1.80. The molecule has 0 N–H and O–H groups in total. The van der Waals surface area contributed by atoms with Crippen LogP contribution in [0.2, 0.25) is 0 Å². The molecule has 0 fully saturated rings. The number of carbonyl (C=O) groups excluding carboxylic acids is 1. The van der Waals surface area contributed by atoms with E-state index in [1.165, 1.54) is 0 Å². The van der Waals surface area contributed by atoms with E-state index in [1.807, 2.05) is 55.3 Å². The average molecular weight is 379 g/mol. The summed E-state index contributed by atoms with van der Waals surface area (Å²) in [6, 6.07) is 12.0. The predicted octanol–water partition coefficient (Wildman–Crippen LogP) is 3.76. The molecule has 0 saturated heterocycles. The summed E-state index contributed by atoms with van der Waals surface area (Å²) in [4.78, 5) is 19.4. The highest BCUT2D eigenvalue weighted by Crippen LogP contribution is 2.38. The maximum atomic E-state index is 13.0. The van der Waals surface area contributed by atoms with Crippen LogP contribution in [0.5, 0.6) is 11.5 Å². The van der Waals surface area contributed by atoms with Gasteiger partial charge in [-0.1, -0.05) is 12.1 Å². The van der Waals surface area contributed by atoms with Gasteiger partial charge in [0, 0.05) is 37.3 Å². The van der Waals surface area contributed by atoms with Crippen molar-refractivity contribution in [2.24, 2.45) is 0 Å². The quantitative estimate of drug-likeness (QED) is 0.654. The fraction of sp³-hybridized carbons (Fsp3) is 0.364. The molecule has 6 nitrogen and oxygen atoms in total. The highest BCUT2D eigenvalue weighted by Gasteiger charge is 2.26. The molecule has 1 aliphatic rings. The van der Waals surface area contributed by atoms with Gasteiger partial charge >= 0.3 is 0 Å². The summed E-state index contributed by atoms with van der Waals surface area (Å²) in [6.45, 7) is 7.72. The molecule has 4 rings (SSSR count). The van der Waals surface area contributed by atoms with E-state index in [1.54, 1.807) is 0 Å². The molecule has 6 heteroatoms. The van der Waals surface area contributed by atoms with Gasteiger partial charge in [-0.2, -0.15) is 0 Å². The van der Waals surface area contributed by atoms with Crippen molar-refractivity contribution in [1.82, 2.24) is 14.3 Å². The SMILES string of the molecule is CCN(CC)C(=O)CC(c1ccc2c(c1)OCO2)c1cnc2cccc(C)n12. The average Bonchev–Trinajstić information content (AvgIpc) is 3.34. The zero-order valence-electron chi connectivity index (χ0n) is 16.5. The van der Waals surface area contributed by atoms with Crippen LogP contribution in [0.4, 0.5) is 0 Å². The van der Waals surface area contributed by atoms with Crippen molar-refractivity contribution in [3.8, 4) is 11.5 Å². The number of nitrogens with zero attached hydrogens (tertiary/aromatic N) is 3. The molecule has 1 aromatic carbocycles. The minimum Gasteiger partial charge on any atom is -0.454 e. The normalized spacial score (nSPS) is 13.7. The molecule has 3 heterocycles. The van der Waals surface area contributed by atoms with E-state index >= 15 is 0 Å². The number of ether oxygens (including phenoxy) is 2. The number of imidazole rings is 1. The minimum absolute atomic E-state index is 0.126. The van der Waals surface area contributed by atoms with Crippen LogP contribution in [0.3, 0.4) is 0 Å². The Labute approximate surface area is 164 Å². The summed E-state index contributed by atoms with van der Waals surface area (Å²) in [6.07, 6.45) is 2.26. The van der Waals surface area contributed by atoms with E-state index in [4.69, 9.17) is 9.47 Å². The van der Waals surface area contributed by atoms with Crippen LogP contribution in [0.1, 0.15) is 43.1 Å². The zero-order valence-corrected chi connectivity index (χ0v) is 16.5. The lowest BCUT2D eigenvalue weighted by molar-refractivity contribution is -0.131. The van der Waals surface area contributed by atoms with Crippen LogP contribution in [-0.4, -0.2) is 40.1 Å². The number of amides is 1. The number of carbonyl (C=O) groups is 1. The molecule has 0 aliphatic carbocycles. The molecule has 0 spiro atoms. The molecule has 3 aromatic rings. The van der Waals surface area contributed by atoms with Gasteiger partial charge in [-0.25, -0.2) is 4.98 Å². The second-order valence-electron chi connectivity index (χ2n) is 6.98. The van der Waals surface area contributed by atoms with E-state index < -0.39 is 0 Å². The topological polar surface area (TPSA) is 56.1 Å². The van der Waals surface area contributed by atoms with E-state index in [0.717, 1.165) is 34.1 Å². The van der Waals surface area contributed by atoms with E-state index in [0.29, 0.717) is 19.5 Å². The lowest BCUT2D eigenvalue weighted by atomic mass is 9.91. The minimum atomic E-state index is -0.126. The maximum absolute atomic E-state index is 13.0. The molecule has 0 radical (unpaired) electrons. The largest absolute Gasteiger partial charge is 0.454 e. The third kappa shape index (κ3) is 3.19. The zero-order chi connectivity index (χ0) is 19.7. The lowest BCUT2D eigenvalue weighted by Gasteiger charge is -2.23. The Kier molecular flexibility index (Phi) is 4.94. The van der Waals surface area contributed by atoms with Crippen molar-refractivity contribution in [3.63, 3.8) is 0 Å². The van der Waals surface area contributed by atoms with Crippen molar-refractivity contribution in [1.29, 1.82) is 0 Å². The maximum Gasteiger partial charge on any atom is 0.231 e. The molecular formula is C22H25N3O3. The molecular weight excluding hydrogens is 354 g/mol. The number of hydrogen-bond acceptors (Lipinski definition) is 4. The third-order valence-electron chi connectivity index (χ3n) is 5.40. The van der Waals surface area contributed by atoms with Gasteiger partial charge in [0.1, 0.15) is 5.65 Å². The van der Waals surface area contributed by atoms with Crippen LogP contribution in [0.25, 0.3) is 5.65 Å². The first-order valence-electron chi connectivity index (χ1n) is 9.72. The number of benzene rings is 1. The molecule has 146 valence electrons. The highest BCUT2D eigenvalue weighted by atomic mass is 16.7. The Bertz CT molecular complexity index is 1010. The van der Waals surface area contributed by atoms with E-state index in [2.05, 4.69) is 22.4 Å². The molecule has 0 bridgehead atoms. The number of pyridine rings is 1. The summed E-state index contributed by atoms with van der Waals surface area (Å²) in [5, 5.41) is 0. The number of fused-ring (bicyclic) bond motifs is 2. The van der Waals surface area contributed by atoms with Gasteiger partial charge in [-0.15, -0.1) is 0 Å². The summed E-state index contributed by atoms with van der Waals surface area (Å²) in [7, 11) is 0. The standard InChI is InChI=1S/C22H25N3O3/c1-4-24(5-2)22(26)12-17(16-9-10-19-20(11-16)28-14-27-19)18-13-23-21-8-6-7-15(3)25(18)21/h6-11,13,17H,4-5,12,14H2,1-3H3. The Hall–Kier alpha value is -3.02. The molecule has 1 unspecified atom stereocenters. The number of hydrogen-bond donors (Lipinski definition) is 0. The molecule has 1 amide bonds.